The van der Waals surface area contributed by atoms with Gasteiger partial charge in [-0.3, -0.25) is 0 Å². The van der Waals surface area contributed by atoms with Gasteiger partial charge in [-0.15, -0.1) is 35.4 Å². The Labute approximate surface area is 566 Å². The first-order valence-corrected chi connectivity index (χ1v) is 34.2. The number of pyridine rings is 1. The van der Waals surface area contributed by atoms with Crippen LogP contribution in [0.25, 0.3) is 22.4 Å². The fourth-order valence-electron chi connectivity index (χ4n) is 13.5. The van der Waals surface area contributed by atoms with E-state index >= 15 is 0 Å². The molecule has 4 heteroatoms. The molecule has 0 bridgehead atoms. The minimum absolute atomic E-state index is 0. The molecule has 0 aliphatic heterocycles. The maximum atomic E-state index is 4.26. The first kappa shape index (κ1) is 71.6. The van der Waals surface area contributed by atoms with E-state index in [1.54, 1.807) is 17.3 Å². The molecule has 1 aliphatic carbocycles. The van der Waals surface area contributed by atoms with Crippen molar-refractivity contribution < 1.29 is 20.1 Å². The molecule has 1 heterocycles. The summed E-state index contributed by atoms with van der Waals surface area (Å²) in [5, 5.41) is 0. The topological polar surface area (TPSA) is 19.4 Å². The van der Waals surface area contributed by atoms with Gasteiger partial charge in [-0.1, -0.05) is 259 Å². The van der Waals surface area contributed by atoms with Crippen LogP contribution in [-0.2, 0) is 36.4 Å². The van der Waals surface area contributed by atoms with E-state index in [1.165, 1.54) is 174 Å². The summed E-state index contributed by atoms with van der Waals surface area (Å²) in [6, 6.07) is 65.9. The predicted octanol–water partition coefficient (Wildman–Crippen LogP) is 26.0. The summed E-state index contributed by atoms with van der Waals surface area (Å²) in [5.41, 5.74) is 30.2. The Hall–Kier alpha value is -6.84. The Bertz CT molecular complexity index is 3490. The average molecular weight is 1390 g/mol. The molecule has 0 atom stereocenters. The van der Waals surface area contributed by atoms with Crippen LogP contribution in [0.5, 0.6) is 0 Å². The molecular formula is C87H108IrN3-. The van der Waals surface area contributed by atoms with Crippen LogP contribution in [0.3, 0.4) is 0 Å². The van der Waals surface area contributed by atoms with Crippen molar-refractivity contribution in [3.05, 3.63) is 254 Å². The van der Waals surface area contributed by atoms with Crippen molar-refractivity contribution >= 4 is 34.1 Å². The molecule has 0 amide bonds. The number of fused-ring (bicyclic) bond motifs is 3. The number of nitrogens with zero attached hydrogens (tertiary/aromatic N) is 3. The first-order chi connectivity index (χ1) is 43.0. The molecule has 0 spiro atoms. The molecule has 9 aromatic rings. The van der Waals surface area contributed by atoms with Crippen LogP contribution in [0.4, 0.5) is 34.1 Å². The van der Waals surface area contributed by atoms with Gasteiger partial charge in [0.15, 0.2) is 0 Å². The Morgan fingerprint density at radius 1 is 0.385 bits per heavy atom. The summed E-state index contributed by atoms with van der Waals surface area (Å²) < 4.78 is 0. The van der Waals surface area contributed by atoms with Gasteiger partial charge in [0.05, 0.1) is 11.4 Å². The number of anilines is 6. The minimum Gasteiger partial charge on any atom is -0.310 e. The van der Waals surface area contributed by atoms with Crippen molar-refractivity contribution in [2.75, 3.05) is 9.80 Å². The quantitative estimate of drug-likeness (QED) is 0.0528. The number of unbranched alkanes of at least 4 members (excludes halogenated alkanes) is 10. The molecule has 91 heavy (non-hydrogen) atoms. The summed E-state index contributed by atoms with van der Waals surface area (Å²) in [5.74, 6) is 0. The standard InChI is InChI=1S/C44H52N2.C31H46.C12H10N.Ir/c1-29-13-17-37(18-14-29)45(41-31(3)25-35(26-32(41)4)43(7,8)9)39-21-23-40(24-22-39)46(38-19-15-30(2)16-20-38)42-33(5)27-36(28-34(42)6)44(10,11)12;1-5-7-9-11-13-15-21-31(22-16-14-12-10-8-6-2)29-23-25(3)17-19-27(29)28-20-18-26(4)24-30(28)31;1-10-5-4-6-11(9-10)12-7-2-3-8-13-12;/h13-28H,1-12H3;17-20,23-24H,5-16,21-22H2,1-4H3;2-5,7-9H,1H3;/q;;-1;. The molecule has 10 rings (SSSR count). The number of hydrogen-bond donors (Lipinski definition) is 0. The van der Waals surface area contributed by atoms with Gasteiger partial charge in [-0.25, -0.2) is 0 Å². The second kappa shape index (κ2) is 32.6. The molecule has 0 N–H and O–H groups in total. The third-order valence-electron chi connectivity index (χ3n) is 18.6. The Kier molecular flexibility index (Phi) is 25.7. The van der Waals surface area contributed by atoms with Crippen LogP contribution in [0, 0.1) is 68.4 Å². The molecule has 0 saturated heterocycles. The fraction of sp³-hybridized carbons (Fsp3) is 0.391. The Morgan fingerprint density at radius 3 is 1.09 bits per heavy atom. The zero-order valence-corrected chi connectivity index (χ0v) is 61.2. The second-order valence-electron chi connectivity index (χ2n) is 28.5. The number of hydrogen-bond acceptors (Lipinski definition) is 3. The zero-order valence-electron chi connectivity index (χ0n) is 58.8. The third-order valence-corrected chi connectivity index (χ3v) is 18.6. The van der Waals surface area contributed by atoms with E-state index in [2.05, 4.69) is 278 Å². The molecule has 0 fully saturated rings. The summed E-state index contributed by atoms with van der Waals surface area (Å²) >= 11 is 0. The monoisotopic (exact) mass is 1390 g/mol. The smallest absolute Gasteiger partial charge is 0.0520 e. The maximum Gasteiger partial charge on any atom is 0.0520 e. The van der Waals surface area contributed by atoms with E-state index in [9.17, 15) is 0 Å². The van der Waals surface area contributed by atoms with Gasteiger partial charge >= 0.3 is 0 Å². The molecule has 1 radical (unpaired) electrons. The average Bonchev–Trinajstić information content (AvgIpc) is 1.62. The van der Waals surface area contributed by atoms with Crippen molar-refractivity contribution in [3.8, 4) is 22.4 Å². The first-order valence-electron chi connectivity index (χ1n) is 34.2. The number of rotatable bonds is 21. The summed E-state index contributed by atoms with van der Waals surface area (Å²) in [4.78, 5) is 9.10. The van der Waals surface area contributed by atoms with Crippen molar-refractivity contribution in [2.24, 2.45) is 0 Å². The summed E-state index contributed by atoms with van der Waals surface area (Å²) in [6.45, 7) is 38.3. The van der Waals surface area contributed by atoms with Gasteiger partial charge in [0.1, 0.15) is 0 Å². The van der Waals surface area contributed by atoms with Gasteiger partial charge < -0.3 is 14.8 Å². The van der Waals surface area contributed by atoms with E-state index in [0.717, 1.165) is 34.0 Å². The van der Waals surface area contributed by atoms with Gasteiger partial charge in [0, 0.05) is 54.5 Å². The van der Waals surface area contributed by atoms with E-state index in [4.69, 9.17) is 0 Å². The normalized spacial score (nSPS) is 12.2. The molecule has 0 unspecified atom stereocenters. The summed E-state index contributed by atoms with van der Waals surface area (Å²) in [6.07, 6.45) is 21.0. The molecule has 481 valence electrons. The predicted molar refractivity (Wildman–Crippen MR) is 393 cm³/mol. The van der Waals surface area contributed by atoms with Crippen molar-refractivity contribution in [1.29, 1.82) is 0 Å². The molecular weight excluding hydrogens is 1280 g/mol. The van der Waals surface area contributed by atoms with Gasteiger partial charge in [0.25, 0.3) is 0 Å². The maximum absolute atomic E-state index is 4.26. The number of aryl methyl sites for hydroxylation is 9. The fourth-order valence-corrected chi connectivity index (χ4v) is 13.5. The van der Waals surface area contributed by atoms with Gasteiger partial charge in [0.2, 0.25) is 0 Å². The largest absolute Gasteiger partial charge is 0.310 e. The van der Waals surface area contributed by atoms with E-state index in [0.29, 0.717) is 0 Å². The molecule has 3 nitrogen and oxygen atoms in total. The van der Waals surface area contributed by atoms with Gasteiger partial charge in [-0.2, -0.15) is 0 Å². The SMILES string of the molecule is CCCCCCCCC1(CCCCCCCC)c2cc(C)ccc2-c2ccc(C)cc21.Cc1cc[c-]c(-c2ccccn2)c1.Cc1ccc(N(c2ccc(N(c3ccc(C)cc3)c3c(C)cc(C(C)(C)C)cc3C)cc2)c2c(C)cc(C(C)(C)C)cc2C)cc1.[Ir]. The zero-order chi connectivity index (χ0) is 64.8. The number of aromatic nitrogens is 1. The van der Waals surface area contributed by atoms with Gasteiger partial charge in [-0.05, 0) is 195 Å². The Morgan fingerprint density at radius 2 is 0.736 bits per heavy atom. The van der Waals surface area contributed by atoms with Crippen molar-refractivity contribution in [2.45, 2.75) is 224 Å². The Balaban J connectivity index is 0.000000223. The second-order valence-corrected chi connectivity index (χ2v) is 28.5. The van der Waals surface area contributed by atoms with Crippen LogP contribution in [0.15, 0.2) is 176 Å². The van der Waals surface area contributed by atoms with E-state index in [-0.39, 0.29) is 36.4 Å². The van der Waals surface area contributed by atoms with Crippen LogP contribution in [0.1, 0.15) is 218 Å². The summed E-state index contributed by atoms with van der Waals surface area (Å²) in [7, 11) is 0. The number of benzene rings is 8. The molecule has 1 aliphatic rings. The van der Waals surface area contributed by atoms with E-state index < -0.39 is 0 Å². The molecule has 1 aromatic heterocycles. The molecule has 0 saturated carbocycles. The minimum atomic E-state index is 0. The van der Waals surface area contributed by atoms with Crippen molar-refractivity contribution in [3.63, 3.8) is 0 Å². The van der Waals surface area contributed by atoms with Crippen LogP contribution in [-0.4, -0.2) is 4.98 Å². The van der Waals surface area contributed by atoms with Crippen LogP contribution >= 0.6 is 0 Å². The third kappa shape index (κ3) is 18.3. The molecule has 8 aromatic carbocycles. The van der Waals surface area contributed by atoms with E-state index in [1.807, 2.05) is 30.3 Å². The van der Waals surface area contributed by atoms with Crippen LogP contribution in [0.2, 0.25) is 0 Å². The van der Waals surface area contributed by atoms with Crippen LogP contribution < -0.4 is 9.80 Å². The van der Waals surface area contributed by atoms with Crippen molar-refractivity contribution in [1.82, 2.24) is 4.98 Å².